The van der Waals surface area contributed by atoms with Gasteiger partial charge in [0.05, 0.1) is 6.61 Å². The molecule has 0 saturated heterocycles. The van der Waals surface area contributed by atoms with E-state index in [1.165, 1.54) is 0 Å². The summed E-state index contributed by atoms with van der Waals surface area (Å²) in [6.45, 7) is 4.90. The van der Waals surface area contributed by atoms with Gasteiger partial charge in [-0.3, -0.25) is 0 Å². The van der Waals surface area contributed by atoms with Crippen molar-refractivity contribution in [1.82, 2.24) is 9.97 Å². The van der Waals surface area contributed by atoms with E-state index in [2.05, 4.69) is 34.4 Å². The van der Waals surface area contributed by atoms with Crippen LogP contribution in [-0.2, 0) is 12.6 Å². The number of rotatable bonds is 13. The Hall–Kier alpha value is -3.29. The van der Waals surface area contributed by atoms with Gasteiger partial charge in [-0.1, -0.05) is 57.7 Å². The Morgan fingerprint density at radius 3 is 2.29 bits per heavy atom. The zero-order valence-corrected chi connectivity index (χ0v) is 20.3. The van der Waals surface area contributed by atoms with Gasteiger partial charge in [0.15, 0.2) is 0 Å². The van der Waals surface area contributed by atoms with Crippen molar-refractivity contribution in [2.24, 2.45) is 0 Å². The van der Waals surface area contributed by atoms with Gasteiger partial charge in [0.2, 0.25) is 5.95 Å². The Morgan fingerprint density at radius 1 is 0.857 bits per heavy atom. The number of aromatic nitrogens is 2. The number of anilines is 4. The number of halogens is 3. The number of benzene rings is 2. The van der Waals surface area contributed by atoms with E-state index in [1.807, 2.05) is 24.3 Å². The van der Waals surface area contributed by atoms with Crippen LogP contribution in [0, 0.1) is 0 Å². The summed E-state index contributed by atoms with van der Waals surface area (Å²) in [5.74, 6) is 0.524. The normalized spacial score (nSPS) is 11.3. The molecule has 8 heteroatoms. The van der Waals surface area contributed by atoms with Crippen molar-refractivity contribution in [3.63, 3.8) is 0 Å². The molecule has 2 N–H and O–H groups in total. The topological polar surface area (TPSA) is 59.1 Å². The summed E-state index contributed by atoms with van der Waals surface area (Å²) in [5.41, 5.74) is 1.30. The Balaban J connectivity index is 1.77. The molecule has 1 aromatic heterocycles. The van der Waals surface area contributed by atoms with Gasteiger partial charge >= 0.3 is 6.18 Å². The lowest BCUT2D eigenvalue weighted by Gasteiger charge is -2.17. The summed E-state index contributed by atoms with van der Waals surface area (Å²) in [4.78, 5) is 8.08. The molecule has 0 aliphatic heterocycles. The predicted molar refractivity (Wildman–Crippen MR) is 135 cm³/mol. The first-order chi connectivity index (χ1) is 16.9. The van der Waals surface area contributed by atoms with Crippen molar-refractivity contribution >= 4 is 23.1 Å². The van der Waals surface area contributed by atoms with E-state index >= 15 is 0 Å². The molecule has 35 heavy (non-hydrogen) atoms. The fraction of sp³-hybridized carbons (Fsp3) is 0.407. The molecule has 5 nitrogen and oxygen atoms in total. The first-order valence-electron chi connectivity index (χ1n) is 12.2. The first kappa shape index (κ1) is 26.3. The molecule has 0 bridgehead atoms. The van der Waals surface area contributed by atoms with Crippen LogP contribution < -0.4 is 15.4 Å². The summed E-state index contributed by atoms with van der Waals surface area (Å²) < 4.78 is 46.8. The van der Waals surface area contributed by atoms with Crippen LogP contribution in [0.1, 0.15) is 63.5 Å². The molecule has 0 spiro atoms. The maximum Gasteiger partial charge on any atom is 0.421 e. The fourth-order valence-electron chi connectivity index (χ4n) is 3.60. The molecule has 2 aromatic carbocycles. The number of nitrogens with zero attached hydrogens (tertiary/aromatic N) is 2. The van der Waals surface area contributed by atoms with Gasteiger partial charge in [-0.2, -0.15) is 18.2 Å². The van der Waals surface area contributed by atoms with Crippen molar-refractivity contribution in [2.45, 2.75) is 65.0 Å². The van der Waals surface area contributed by atoms with Crippen LogP contribution in [0.3, 0.4) is 0 Å². The number of ether oxygens (including phenoxy) is 1. The predicted octanol–water partition coefficient (Wildman–Crippen LogP) is 8.28. The molecule has 3 rings (SSSR count). The lowest BCUT2D eigenvalue weighted by atomic mass is 10.1. The van der Waals surface area contributed by atoms with E-state index in [0.29, 0.717) is 18.0 Å². The lowest BCUT2D eigenvalue weighted by Crippen LogP contribution is -2.13. The van der Waals surface area contributed by atoms with Crippen LogP contribution >= 0.6 is 0 Å². The fourth-order valence-corrected chi connectivity index (χ4v) is 3.60. The largest absolute Gasteiger partial charge is 0.494 e. The van der Waals surface area contributed by atoms with Gasteiger partial charge in [-0.15, -0.1) is 0 Å². The Bertz CT molecular complexity index is 1060. The molecule has 188 valence electrons. The van der Waals surface area contributed by atoms with Crippen molar-refractivity contribution in [3.05, 3.63) is 65.9 Å². The van der Waals surface area contributed by atoms with E-state index in [0.717, 1.165) is 62.5 Å². The molecule has 3 aromatic rings. The molecule has 0 unspecified atom stereocenters. The first-order valence-corrected chi connectivity index (χ1v) is 12.2. The third-order valence-corrected chi connectivity index (χ3v) is 5.54. The molecule has 0 radical (unpaired) electrons. The van der Waals surface area contributed by atoms with Crippen molar-refractivity contribution < 1.29 is 17.9 Å². The molecule has 0 atom stereocenters. The van der Waals surface area contributed by atoms with E-state index < -0.39 is 11.7 Å². The molecule has 0 saturated carbocycles. The number of unbranched alkanes of at least 4 members (excludes halogenated alkanes) is 4. The molecule has 0 fully saturated rings. The van der Waals surface area contributed by atoms with E-state index in [-0.39, 0.29) is 11.8 Å². The third-order valence-electron chi connectivity index (χ3n) is 5.54. The SMILES string of the molecule is CCCCCOc1ccc(Nc2ncc(C(F)(F)F)c(Nc3ccccc3CCCCC)n2)cc1. The van der Waals surface area contributed by atoms with Crippen molar-refractivity contribution in [3.8, 4) is 5.75 Å². The summed E-state index contributed by atoms with van der Waals surface area (Å²) >= 11 is 0. The Kier molecular flexibility index (Phi) is 9.76. The maximum atomic E-state index is 13.7. The minimum absolute atomic E-state index is 0.0700. The van der Waals surface area contributed by atoms with Gasteiger partial charge in [0.1, 0.15) is 17.1 Å². The number of nitrogens with one attached hydrogen (secondary N) is 2. The number of para-hydroxylation sites is 1. The number of alkyl halides is 3. The van der Waals surface area contributed by atoms with Gasteiger partial charge in [0.25, 0.3) is 0 Å². The molecule has 1 heterocycles. The number of aryl methyl sites for hydroxylation is 1. The van der Waals surface area contributed by atoms with Gasteiger partial charge < -0.3 is 15.4 Å². The highest BCUT2D eigenvalue weighted by Gasteiger charge is 2.35. The highest BCUT2D eigenvalue weighted by molar-refractivity contribution is 5.65. The molecular weight excluding hydrogens is 453 g/mol. The van der Waals surface area contributed by atoms with Crippen LogP contribution in [0.5, 0.6) is 5.75 Å². The highest BCUT2D eigenvalue weighted by Crippen LogP contribution is 2.36. The summed E-state index contributed by atoms with van der Waals surface area (Å²) in [5, 5.41) is 5.90. The van der Waals surface area contributed by atoms with Gasteiger partial charge in [-0.25, -0.2) is 4.98 Å². The average molecular weight is 487 g/mol. The van der Waals surface area contributed by atoms with E-state index in [9.17, 15) is 13.2 Å². The maximum absolute atomic E-state index is 13.7. The van der Waals surface area contributed by atoms with E-state index in [4.69, 9.17) is 4.74 Å². The highest BCUT2D eigenvalue weighted by atomic mass is 19.4. The van der Waals surface area contributed by atoms with Crippen LogP contribution in [-0.4, -0.2) is 16.6 Å². The van der Waals surface area contributed by atoms with Crippen LogP contribution in [0.25, 0.3) is 0 Å². The third kappa shape index (κ3) is 8.16. The summed E-state index contributed by atoms with van der Waals surface area (Å²) in [7, 11) is 0. The molecule has 0 aliphatic rings. The van der Waals surface area contributed by atoms with E-state index in [1.54, 1.807) is 24.3 Å². The number of hydrogen-bond donors (Lipinski definition) is 2. The summed E-state index contributed by atoms with van der Waals surface area (Å²) in [6.07, 6.45) is 3.33. The zero-order valence-electron chi connectivity index (χ0n) is 20.3. The molecule has 0 aliphatic carbocycles. The van der Waals surface area contributed by atoms with Crippen molar-refractivity contribution in [1.29, 1.82) is 0 Å². The lowest BCUT2D eigenvalue weighted by molar-refractivity contribution is -0.137. The van der Waals surface area contributed by atoms with Crippen LogP contribution in [0.4, 0.5) is 36.3 Å². The minimum atomic E-state index is -4.59. The minimum Gasteiger partial charge on any atom is -0.494 e. The number of hydrogen-bond acceptors (Lipinski definition) is 5. The molecular formula is C27H33F3N4O. The molecule has 0 amide bonds. The Morgan fingerprint density at radius 2 is 1.57 bits per heavy atom. The smallest absolute Gasteiger partial charge is 0.421 e. The summed E-state index contributed by atoms with van der Waals surface area (Å²) in [6, 6.07) is 14.6. The Labute approximate surface area is 205 Å². The monoisotopic (exact) mass is 486 g/mol. The second kappa shape index (κ2) is 13.0. The standard InChI is InChI=1S/C27H33F3N4O/c1-3-5-7-11-20-12-8-9-13-24(20)33-25-23(27(28,29)30)19-31-26(34-25)32-21-14-16-22(17-15-21)35-18-10-6-4-2/h8-9,12-17,19H,3-7,10-11,18H2,1-2H3,(H2,31,32,33,34). The zero-order chi connectivity index (χ0) is 25.1. The second-order valence-electron chi connectivity index (χ2n) is 8.40. The second-order valence-corrected chi connectivity index (χ2v) is 8.40. The van der Waals surface area contributed by atoms with Gasteiger partial charge in [0, 0.05) is 17.6 Å². The quantitative estimate of drug-likeness (QED) is 0.238. The van der Waals surface area contributed by atoms with Crippen molar-refractivity contribution in [2.75, 3.05) is 17.2 Å². The van der Waals surface area contributed by atoms with Crippen LogP contribution in [0.15, 0.2) is 54.7 Å². The van der Waals surface area contributed by atoms with Gasteiger partial charge in [-0.05, 0) is 55.2 Å². The average Bonchev–Trinajstić information content (AvgIpc) is 2.83. The van der Waals surface area contributed by atoms with Crippen LogP contribution in [0.2, 0.25) is 0 Å².